The number of hydrogen-bond donors (Lipinski definition) is 0. The maximum Gasteiger partial charge on any atom is 0.156 e. The van der Waals surface area contributed by atoms with E-state index in [9.17, 15) is 4.79 Å². The zero-order valence-corrected chi connectivity index (χ0v) is 13.2. The number of carbonyl (C=O) groups is 1. The lowest BCUT2D eigenvalue weighted by Gasteiger charge is -2.36. The van der Waals surface area contributed by atoms with Gasteiger partial charge in [-0.1, -0.05) is 49.1 Å². The van der Waals surface area contributed by atoms with Crippen LogP contribution in [0.15, 0.2) is 72.9 Å². The highest BCUT2D eigenvalue weighted by atomic mass is 16.5. The monoisotopic (exact) mass is 294 g/mol. The van der Waals surface area contributed by atoms with E-state index >= 15 is 0 Å². The summed E-state index contributed by atoms with van der Waals surface area (Å²) in [6.07, 6.45) is 12.8. The van der Waals surface area contributed by atoms with Crippen molar-refractivity contribution in [3.05, 3.63) is 78.4 Å². The minimum absolute atomic E-state index is 0.161. The van der Waals surface area contributed by atoms with Gasteiger partial charge in [0.25, 0.3) is 0 Å². The summed E-state index contributed by atoms with van der Waals surface area (Å²) < 4.78 is 5.24. The summed E-state index contributed by atoms with van der Waals surface area (Å²) >= 11 is 0. The summed E-state index contributed by atoms with van der Waals surface area (Å²) in [5.41, 5.74) is 1.95. The van der Waals surface area contributed by atoms with E-state index in [0.717, 1.165) is 23.3 Å². The number of rotatable bonds is 5. The van der Waals surface area contributed by atoms with Crippen molar-refractivity contribution in [1.82, 2.24) is 0 Å². The van der Waals surface area contributed by atoms with Crippen LogP contribution in [0.4, 0.5) is 0 Å². The molecule has 22 heavy (non-hydrogen) atoms. The summed E-state index contributed by atoms with van der Waals surface area (Å²) in [4.78, 5) is 12.1. The fraction of sp³-hybridized carbons (Fsp3) is 0.250. The van der Waals surface area contributed by atoms with Crippen LogP contribution in [0.5, 0.6) is 5.75 Å². The molecule has 0 saturated heterocycles. The third-order valence-electron chi connectivity index (χ3n) is 4.16. The molecule has 0 aliphatic heterocycles. The van der Waals surface area contributed by atoms with Gasteiger partial charge in [-0.15, -0.1) is 0 Å². The van der Waals surface area contributed by atoms with Crippen LogP contribution >= 0.6 is 0 Å². The standard InChI is InChI=1S/C20H22O2/c1-4-6-8-16(5-2)20(14-7-9-18(21)15-20)17-10-12-19(22-3)13-11-17/h4-13H,1,14-15H2,2-3H3/b8-6-,16-5+. The molecular formula is C20H22O2. The predicted octanol–water partition coefficient (Wildman–Crippen LogP) is 4.54. The Kier molecular flexibility index (Phi) is 5.16. The summed E-state index contributed by atoms with van der Waals surface area (Å²) in [5.74, 6) is 0.980. The highest BCUT2D eigenvalue weighted by Crippen LogP contribution is 2.43. The Bertz CT molecular complexity index is 632. The van der Waals surface area contributed by atoms with E-state index in [1.165, 1.54) is 0 Å². The van der Waals surface area contributed by atoms with Gasteiger partial charge >= 0.3 is 0 Å². The van der Waals surface area contributed by atoms with Gasteiger partial charge in [-0.25, -0.2) is 0 Å². The molecule has 2 heteroatoms. The first-order chi connectivity index (χ1) is 10.7. The van der Waals surface area contributed by atoms with Crippen LogP contribution < -0.4 is 4.74 Å². The molecule has 1 atom stereocenters. The van der Waals surface area contributed by atoms with Gasteiger partial charge < -0.3 is 4.74 Å². The fourth-order valence-corrected chi connectivity index (χ4v) is 3.04. The molecule has 0 fully saturated rings. The van der Waals surface area contributed by atoms with Crippen molar-refractivity contribution in [1.29, 1.82) is 0 Å². The van der Waals surface area contributed by atoms with E-state index in [-0.39, 0.29) is 11.2 Å². The van der Waals surface area contributed by atoms with Gasteiger partial charge in [0.15, 0.2) is 5.78 Å². The van der Waals surface area contributed by atoms with Crippen LogP contribution in [-0.4, -0.2) is 12.9 Å². The van der Waals surface area contributed by atoms with E-state index in [0.29, 0.717) is 6.42 Å². The maximum atomic E-state index is 12.1. The summed E-state index contributed by atoms with van der Waals surface area (Å²) in [5, 5.41) is 0. The van der Waals surface area contributed by atoms with Crippen LogP contribution in [0.25, 0.3) is 0 Å². The van der Waals surface area contributed by atoms with E-state index in [1.807, 2.05) is 37.3 Å². The number of ketones is 1. The number of allylic oxidation sites excluding steroid dienone is 7. The molecule has 2 rings (SSSR count). The van der Waals surface area contributed by atoms with E-state index in [2.05, 4.69) is 24.8 Å². The molecule has 1 aliphatic carbocycles. The lowest BCUT2D eigenvalue weighted by Crippen LogP contribution is -2.32. The Morgan fingerprint density at radius 1 is 1.32 bits per heavy atom. The van der Waals surface area contributed by atoms with Gasteiger partial charge in [0.1, 0.15) is 5.75 Å². The van der Waals surface area contributed by atoms with Crippen molar-refractivity contribution in [2.45, 2.75) is 25.2 Å². The van der Waals surface area contributed by atoms with Gasteiger partial charge in [-0.05, 0) is 42.7 Å². The first-order valence-corrected chi connectivity index (χ1v) is 7.46. The van der Waals surface area contributed by atoms with Crippen molar-refractivity contribution in [3.63, 3.8) is 0 Å². The maximum absolute atomic E-state index is 12.1. The molecule has 1 aromatic carbocycles. The van der Waals surface area contributed by atoms with Crippen LogP contribution in [0.2, 0.25) is 0 Å². The molecule has 1 aromatic rings. The average molecular weight is 294 g/mol. The molecule has 1 unspecified atom stereocenters. The Hall–Kier alpha value is -2.35. The minimum atomic E-state index is -0.313. The molecule has 0 saturated carbocycles. The van der Waals surface area contributed by atoms with Crippen molar-refractivity contribution < 1.29 is 9.53 Å². The Morgan fingerprint density at radius 2 is 2.05 bits per heavy atom. The Morgan fingerprint density at radius 3 is 2.59 bits per heavy atom. The zero-order chi connectivity index (χ0) is 16.0. The number of hydrogen-bond acceptors (Lipinski definition) is 2. The van der Waals surface area contributed by atoms with Crippen LogP contribution in [0, 0.1) is 0 Å². The predicted molar refractivity (Wildman–Crippen MR) is 91.1 cm³/mol. The number of benzene rings is 1. The van der Waals surface area contributed by atoms with Crippen molar-refractivity contribution in [3.8, 4) is 5.75 Å². The second-order valence-electron chi connectivity index (χ2n) is 5.40. The number of ether oxygens (including phenoxy) is 1. The van der Waals surface area contributed by atoms with E-state index < -0.39 is 0 Å². The van der Waals surface area contributed by atoms with Gasteiger partial charge in [-0.3, -0.25) is 4.79 Å². The minimum Gasteiger partial charge on any atom is -0.497 e. The first kappa shape index (κ1) is 16.0. The molecule has 0 bridgehead atoms. The van der Waals surface area contributed by atoms with Crippen LogP contribution in [0.1, 0.15) is 25.3 Å². The van der Waals surface area contributed by atoms with Gasteiger partial charge in [0.05, 0.1) is 7.11 Å². The molecule has 0 aromatic heterocycles. The Labute approximate surface area is 132 Å². The lowest BCUT2D eigenvalue weighted by molar-refractivity contribution is -0.115. The number of carbonyl (C=O) groups excluding carboxylic acids is 1. The molecule has 2 nitrogen and oxygen atoms in total. The zero-order valence-electron chi connectivity index (χ0n) is 13.2. The van der Waals surface area contributed by atoms with Crippen molar-refractivity contribution in [2.75, 3.05) is 7.11 Å². The largest absolute Gasteiger partial charge is 0.497 e. The van der Waals surface area contributed by atoms with Gasteiger partial charge in [0, 0.05) is 11.8 Å². The van der Waals surface area contributed by atoms with Crippen LogP contribution in [-0.2, 0) is 10.2 Å². The molecule has 0 amide bonds. The summed E-state index contributed by atoms with van der Waals surface area (Å²) in [6, 6.07) is 8.00. The second-order valence-corrected chi connectivity index (χ2v) is 5.40. The van der Waals surface area contributed by atoms with Gasteiger partial charge in [0.2, 0.25) is 0 Å². The molecule has 1 aliphatic rings. The highest BCUT2D eigenvalue weighted by Gasteiger charge is 2.37. The molecule has 0 radical (unpaired) electrons. The number of methoxy groups -OCH3 is 1. The Balaban J connectivity index is 2.54. The second kappa shape index (κ2) is 7.08. The van der Waals surface area contributed by atoms with Crippen molar-refractivity contribution in [2.24, 2.45) is 0 Å². The van der Waals surface area contributed by atoms with Gasteiger partial charge in [-0.2, -0.15) is 0 Å². The SMILES string of the molecule is C=C/C=C\C(=C/C)C1(c2ccc(OC)cc2)CC=CC(=O)C1. The molecule has 0 N–H and O–H groups in total. The molecule has 114 valence electrons. The molecular weight excluding hydrogens is 272 g/mol. The fourth-order valence-electron chi connectivity index (χ4n) is 3.04. The topological polar surface area (TPSA) is 26.3 Å². The third kappa shape index (κ3) is 3.11. The smallest absolute Gasteiger partial charge is 0.156 e. The van der Waals surface area contributed by atoms with E-state index in [1.54, 1.807) is 19.3 Å². The van der Waals surface area contributed by atoms with Crippen LogP contribution in [0.3, 0.4) is 0 Å². The lowest BCUT2D eigenvalue weighted by atomic mass is 9.66. The summed E-state index contributed by atoms with van der Waals surface area (Å²) in [7, 11) is 1.65. The van der Waals surface area contributed by atoms with Crippen molar-refractivity contribution >= 4 is 5.78 Å². The summed E-state index contributed by atoms with van der Waals surface area (Å²) in [6.45, 7) is 5.74. The highest BCUT2D eigenvalue weighted by molar-refractivity contribution is 5.92. The van der Waals surface area contributed by atoms with E-state index in [4.69, 9.17) is 4.74 Å². The molecule has 0 heterocycles. The first-order valence-electron chi connectivity index (χ1n) is 7.46. The average Bonchev–Trinajstić information content (AvgIpc) is 2.55. The quantitative estimate of drug-likeness (QED) is 0.745. The normalized spacial score (nSPS) is 22.1. The third-order valence-corrected chi connectivity index (χ3v) is 4.16. The molecule has 0 spiro atoms.